The topological polar surface area (TPSA) is 55.1 Å². The molecule has 2 heterocycles. The molecule has 1 N–H and O–H groups in total. The Bertz CT molecular complexity index is 571. The van der Waals surface area contributed by atoms with Crippen molar-refractivity contribution >= 4 is 55.1 Å². The third kappa shape index (κ3) is 3.08. The smallest absolute Gasteiger partial charge is 0.291 e. The molecule has 0 spiro atoms. The van der Waals surface area contributed by atoms with E-state index < -0.39 is 0 Å². The molecule has 4 nitrogen and oxygen atoms in total. The number of hydrogen-bond acceptors (Lipinski definition) is 3. The number of amides is 1. The van der Waals surface area contributed by atoms with Gasteiger partial charge in [0.05, 0.1) is 16.4 Å². The molecule has 2 aromatic heterocycles. The second kappa shape index (κ2) is 5.20. The SMILES string of the molecule is O=C(Nc1cnc(Cl)c(Br)c1)c1ccc(Br)o1. The molecule has 0 fully saturated rings. The van der Waals surface area contributed by atoms with Crippen LogP contribution in [0.5, 0.6) is 0 Å². The number of anilines is 1. The van der Waals surface area contributed by atoms with Crippen LogP contribution in [0.25, 0.3) is 0 Å². The average Bonchev–Trinajstić information content (AvgIpc) is 2.70. The lowest BCUT2D eigenvalue weighted by Crippen LogP contribution is -2.11. The maximum Gasteiger partial charge on any atom is 0.291 e. The van der Waals surface area contributed by atoms with Crippen molar-refractivity contribution in [1.29, 1.82) is 0 Å². The predicted molar refractivity (Wildman–Crippen MR) is 71.3 cm³/mol. The summed E-state index contributed by atoms with van der Waals surface area (Å²) in [6.45, 7) is 0. The monoisotopic (exact) mass is 378 g/mol. The third-order valence-electron chi connectivity index (χ3n) is 1.85. The zero-order valence-corrected chi connectivity index (χ0v) is 12.1. The number of carbonyl (C=O) groups is 1. The summed E-state index contributed by atoms with van der Waals surface area (Å²) in [4.78, 5) is 15.6. The van der Waals surface area contributed by atoms with E-state index in [1.807, 2.05) is 0 Å². The molecule has 17 heavy (non-hydrogen) atoms. The fourth-order valence-electron chi connectivity index (χ4n) is 1.12. The van der Waals surface area contributed by atoms with E-state index in [0.29, 0.717) is 20.0 Å². The highest BCUT2D eigenvalue weighted by molar-refractivity contribution is 9.10. The molecule has 2 rings (SSSR count). The molecule has 7 heteroatoms. The number of furan rings is 1. The van der Waals surface area contributed by atoms with E-state index in [1.165, 1.54) is 6.20 Å². The van der Waals surface area contributed by atoms with E-state index in [2.05, 4.69) is 42.2 Å². The van der Waals surface area contributed by atoms with E-state index >= 15 is 0 Å². The van der Waals surface area contributed by atoms with E-state index in [4.69, 9.17) is 16.0 Å². The van der Waals surface area contributed by atoms with Gasteiger partial charge in [0, 0.05) is 0 Å². The van der Waals surface area contributed by atoms with Crippen LogP contribution in [0.3, 0.4) is 0 Å². The number of aromatic nitrogens is 1. The van der Waals surface area contributed by atoms with Gasteiger partial charge in [-0.2, -0.15) is 0 Å². The van der Waals surface area contributed by atoms with Crippen molar-refractivity contribution in [3.8, 4) is 0 Å². The van der Waals surface area contributed by atoms with Gasteiger partial charge in [-0.05, 0) is 50.1 Å². The zero-order valence-electron chi connectivity index (χ0n) is 8.21. The van der Waals surface area contributed by atoms with Gasteiger partial charge >= 0.3 is 0 Å². The maximum atomic E-state index is 11.7. The lowest BCUT2D eigenvalue weighted by Gasteiger charge is -2.03. The van der Waals surface area contributed by atoms with Crippen LogP contribution in [0.2, 0.25) is 5.15 Å². The maximum absolute atomic E-state index is 11.7. The van der Waals surface area contributed by atoms with Gasteiger partial charge < -0.3 is 9.73 Å². The van der Waals surface area contributed by atoms with Crippen molar-refractivity contribution in [1.82, 2.24) is 4.98 Å². The van der Waals surface area contributed by atoms with Crippen LogP contribution >= 0.6 is 43.5 Å². The molecule has 88 valence electrons. The Morgan fingerprint density at radius 1 is 1.41 bits per heavy atom. The first-order valence-electron chi connectivity index (χ1n) is 4.44. The Morgan fingerprint density at radius 3 is 2.76 bits per heavy atom. The summed E-state index contributed by atoms with van der Waals surface area (Å²) < 4.78 is 6.22. The Kier molecular flexibility index (Phi) is 3.86. The molecule has 0 aliphatic heterocycles. The summed E-state index contributed by atoms with van der Waals surface area (Å²) in [5, 5.41) is 2.97. The lowest BCUT2D eigenvalue weighted by atomic mass is 10.4. The van der Waals surface area contributed by atoms with E-state index in [1.54, 1.807) is 18.2 Å². The molecular formula is C10H5Br2ClN2O2. The quantitative estimate of drug-likeness (QED) is 0.798. The van der Waals surface area contributed by atoms with Crippen LogP contribution in [-0.2, 0) is 0 Å². The predicted octanol–water partition coefficient (Wildman–Crippen LogP) is 4.11. The van der Waals surface area contributed by atoms with Gasteiger partial charge in [-0.15, -0.1) is 0 Å². The largest absolute Gasteiger partial charge is 0.444 e. The van der Waals surface area contributed by atoms with Crippen LogP contribution in [0.15, 0.2) is 38.0 Å². The molecule has 0 saturated heterocycles. The van der Waals surface area contributed by atoms with Crippen LogP contribution in [0, 0.1) is 0 Å². The lowest BCUT2D eigenvalue weighted by molar-refractivity contribution is 0.0995. The van der Waals surface area contributed by atoms with E-state index in [9.17, 15) is 4.79 Å². The molecule has 0 aliphatic carbocycles. The Morgan fingerprint density at radius 2 is 2.18 bits per heavy atom. The molecule has 0 bridgehead atoms. The summed E-state index contributed by atoms with van der Waals surface area (Å²) in [5.74, 6) is -0.144. The molecule has 0 aliphatic rings. The Balaban J connectivity index is 2.15. The first-order chi connectivity index (χ1) is 8.06. The second-order valence-electron chi connectivity index (χ2n) is 3.05. The van der Waals surface area contributed by atoms with Crippen molar-refractivity contribution in [2.75, 3.05) is 5.32 Å². The highest BCUT2D eigenvalue weighted by Gasteiger charge is 2.11. The number of nitrogens with one attached hydrogen (secondary N) is 1. The number of halogens is 3. The summed E-state index contributed by atoms with van der Waals surface area (Å²) in [6.07, 6.45) is 1.46. The minimum Gasteiger partial charge on any atom is -0.444 e. The normalized spacial score (nSPS) is 10.3. The molecule has 0 atom stereocenters. The highest BCUT2D eigenvalue weighted by Crippen LogP contribution is 2.23. The number of nitrogens with zero attached hydrogens (tertiary/aromatic N) is 1. The van der Waals surface area contributed by atoms with Crippen molar-refractivity contribution < 1.29 is 9.21 Å². The molecule has 0 aromatic carbocycles. The fourth-order valence-corrected chi connectivity index (χ4v) is 1.88. The van der Waals surface area contributed by atoms with Crippen molar-refractivity contribution in [2.24, 2.45) is 0 Å². The number of pyridine rings is 1. The molecule has 0 saturated carbocycles. The molecular weight excluding hydrogens is 375 g/mol. The van der Waals surface area contributed by atoms with Crippen LogP contribution in [0.4, 0.5) is 5.69 Å². The summed E-state index contributed by atoms with van der Waals surface area (Å²) >= 11 is 12.1. The second-order valence-corrected chi connectivity index (χ2v) is 5.05. The first-order valence-corrected chi connectivity index (χ1v) is 6.40. The van der Waals surface area contributed by atoms with Crippen LogP contribution < -0.4 is 5.32 Å². The number of hydrogen-bond donors (Lipinski definition) is 1. The molecule has 0 unspecified atom stereocenters. The van der Waals surface area contributed by atoms with Gasteiger partial charge in [0.1, 0.15) is 5.15 Å². The third-order valence-corrected chi connectivity index (χ3v) is 3.41. The van der Waals surface area contributed by atoms with Crippen LogP contribution in [0.1, 0.15) is 10.6 Å². The van der Waals surface area contributed by atoms with Gasteiger partial charge in [-0.3, -0.25) is 4.79 Å². The van der Waals surface area contributed by atoms with E-state index in [0.717, 1.165) is 0 Å². The average molecular weight is 380 g/mol. The number of rotatable bonds is 2. The zero-order chi connectivity index (χ0) is 12.4. The summed E-state index contributed by atoms with van der Waals surface area (Å²) in [7, 11) is 0. The molecule has 0 radical (unpaired) electrons. The Hall–Kier alpha value is -0.850. The Labute approximate surface area is 119 Å². The van der Waals surface area contributed by atoms with Gasteiger partial charge in [0.25, 0.3) is 5.91 Å². The van der Waals surface area contributed by atoms with Crippen molar-refractivity contribution in [2.45, 2.75) is 0 Å². The van der Waals surface area contributed by atoms with Crippen molar-refractivity contribution in [3.05, 3.63) is 44.5 Å². The van der Waals surface area contributed by atoms with Gasteiger partial charge in [0.2, 0.25) is 0 Å². The van der Waals surface area contributed by atoms with Gasteiger partial charge in [-0.1, -0.05) is 11.6 Å². The fraction of sp³-hybridized carbons (Fsp3) is 0. The van der Waals surface area contributed by atoms with E-state index in [-0.39, 0.29) is 11.7 Å². The first kappa shape index (κ1) is 12.6. The molecule has 1 amide bonds. The minimum atomic E-state index is -0.355. The number of carbonyl (C=O) groups excluding carboxylic acids is 1. The molecule has 2 aromatic rings. The minimum absolute atomic E-state index is 0.211. The highest BCUT2D eigenvalue weighted by atomic mass is 79.9. The van der Waals surface area contributed by atoms with Crippen molar-refractivity contribution in [3.63, 3.8) is 0 Å². The standard InChI is InChI=1S/C10H5Br2ClN2O2/c11-6-3-5(4-14-9(6)13)15-10(16)7-1-2-8(12)17-7/h1-4H,(H,15,16). The summed E-state index contributed by atoms with van der Waals surface area (Å²) in [6, 6.07) is 4.87. The van der Waals surface area contributed by atoms with Gasteiger partial charge in [0.15, 0.2) is 10.4 Å². The van der Waals surface area contributed by atoms with Crippen LogP contribution in [-0.4, -0.2) is 10.9 Å². The summed E-state index contributed by atoms with van der Waals surface area (Å²) in [5.41, 5.74) is 0.527. The van der Waals surface area contributed by atoms with Gasteiger partial charge in [-0.25, -0.2) is 4.98 Å².